The van der Waals surface area contributed by atoms with Crippen LogP contribution in [0.15, 0.2) is 58.9 Å². The zero-order valence-corrected chi connectivity index (χ0v) is 28.3. The van der Waals surface area contributed by atoms with Crippen molar-refractivity contribution in [2.75, 3.05) is 27.4 Å². The molecule has 3 aliphatic rings. The van der Waals surface area contributed by atoms with Crippen LogP contribution in [0.5, 0.6) is 11.5 Å². The van der Waals surface area contributed by atoms with Gasteiger partial charge in [0.15, 0.2) is 23.1 Å². The summed E-state index contributed by atoms with van der Waals surface area (Å²) in [6.07, 6.45) is 2.25. The lowest BCUT2D eigenvalue weighted by Crippen LogP contribution is -2.45. The van der Waals surface area contributed by atoms with E-state index in [4.69, 9.17) is 14.2 Å². The molecule has 0 radical (unpaired) electrons. The molecule has 1 heterocycles. The first-order valence-corrected chi connectivity index (χ1v) is 15.9. The molecule has 0 saturated heterocycles. The summed E-state index contributed by atoms with van der Waals surface area (Å²) in [5.41, 5.74) is 4.37. The second kappa shape index (κ2) is 12.3. The van der Waals surface area contributed by atoms with Crippen molar-refractivity contribution in [3.63, 3.8) is 0 Å². The van der Waals surface area contributed by atoms with Crippen molar-refractivity contribution in [3.8, 4) is 11.5 Å². The predicted molar refractivity (Wildman–Crippen MR) is 175 cm³/mol. The smallest absolute Gasteiger partial charge is 0.269 e. The van der Waals surface area contributed by atoms with Crippen molar-refractivity contribution >= 4 is 39.8 Å². The number of rotatable bonds is 9. The number of nitro benzene ring substituents is 1. The average molecular weight is 715 g/mol. The molecule has 0 fully saturated rings. The topological polar surface area (TPSA) is 108 Å². The van der Waals surface area contributed by atoms with E-state index >= 15 is 0 Å². The summed E-state index contributed by atoms with van der Waals surface area (Å²) in [7, 11) is 3.22. The fourth-order valence-electron chi connectivity index (χ4n) is 6.80. The van der Waals surface area contributed by atoms with Crippen LogP contribution in [-0.2, 0) is 20.9 Å². The number of non-ortho nitro benzene ring substituents is 1. The second-order valence-corrected chi connectivity index (χ2v) is 14.6. The van der Waals surface area contributed by atoms with Crippen molar-refractivity contribution in [1.29, 1.82) is 0 Å². The molecular formula is C34H39IN2O7. The van der Waals surface area contributed by atoms with Crippen molar-refractivity contribution in [3.05, 3.63) is 83.7 Å². The number of hydrogen-bond donors (Lipinski definition) is 0. The van der Waals surface area contributed by atoms with Crippen LogP contribution in [0, 0.1) is 24.5 Å². The quantitative estimate of drug-likeness (QED) is 0.154. The molecule has 0 bridgehead atoms. The molecule has 0 aromatic heterocycles. The number of carbonyl (C=O) groups is 2. The van der Waals surface area contributed by atoms with Crippen LogP contribution in [0.4, 0.5) is 5.69 Å². The molecule has 0 N–H and O–H groups in total. The van der Waals surface area contributed by atoms with Crippen LogP contribution in [-0.4, -0.2) is 48.8 Å². The fraction of sp³-hybridized carbons (Fsp3) is 0.471. The standard InChI is InChI=1S/C34H39IN2O7/c1-33(2)15-24-30(26(38)17-33)29(31-25(36(24)10-11-42-5)16-34(3,4)18-27(31)39)21-13-23(35)32(28(14-21)43-6)44-19-20-8-7-9-22(12-20)37(40)41/h7-9,12-14,29H,10-11,15-19H2,1-6H3. The molecule has 0 spiro atoms. The van der Waals surface area contributed by atoms with Gasteiger partial charge in [-0.3, -0.25) is 19.7 Å². The summed E-state index contributed by atoms with van der Waals surface area (Å²) in [6, 6.07) is 10.2. The van der Waals surface area contributed by atoms with Crippen LogP contribution in [0.3, 0.4) is 0 Å². The summed E-state index contributed by atoms with van der Waals surface area (Å²) in [5.74, 6) is 0.576. The number of Topliss-reactive ketones (excluding diaryl/α,β-unsaturated/α-hetero) is 2. The molecule has 2 aliphatic carbocycles. The first kappa shape index (κ1) is 32.2. The predicted octanol–water partition coefficient (Wildman–Crippen LogP) is 7.12. The molecular weight excluding hydrogens is 675 g/mol. The molecule has 0 atom stereocenters. The number of benzene rings is 2. The van der Waals surface area contributed by atoms with Gasteiger partial charge in [-0.05, 0) is 69.5 Å². The zero-order valence-electron chi connectivity index (χ0n) is 26.1. The third kappa shape index (κ3) is 6.28. The maximum absolute atomic E-state index is 14.0. The van der Waals surface area contributed by atoms with Gasteiger partial charge in [0.1, 0.15) is 6.61 Å². The number of allylic oxidation sites excluding steroid dienone is 4. The van der Waals surface area contributed by atoms with Crippen LogP contribution < -0.4 is 9.47 Å². The zero-order chi connectivity index (χ0) is 32.0. The van der Waals surface area contributed by atoms with E-state index in [1.54, 1.807) is 26.4 Å². The summed E-state index contributed by atoms with van der Waals surface area (Å²) < 4.78 is 18.2. The van der Waals surface area contributed by atoms with Gasteiger partial charge in [-0.1, -0.05) is 39.8 Å². The lowest BCUT2D eigenvalue weighted by Gasteiger charge is -2.49. The number of nitrogens with zero attached hydrogens (tertiary/aromatic N) is 2. The number of hydrogen-bond acceptors (Lipinski definition) is 8. The first-order chi connectivity index (χ1) is 20.7. The van der Waals surface area contributed by atoms with E-state index in [9.17, 15) is 19.7 Å². The monoisotopic (exact) mass is 714 g/mol. The summed E-state index contributed by atoms with van der Waals surface area (Å²) >= 11 is 2.19. The largest absolute Gasteiger partial charge is 0.493 e. The molecule has 10 heteroatoms. The van der Waals surface area contributed by atoms with E-state index in [1.807, 2.05) is 12.1 Å². The minimum atomic E-state index is -0.515. The maximum atomic E-state index is 14.0. The fourth-order valence-corrected chi connectivity index (χ4v) is 7.58. The highest BCUT2D eigenvalue weighted by atomic mass is 127. The Morgan fingerprint density at radius 2 is 1.57 bits per heavy atom. The van der Waals surface area contributed by atoms with Crippen molar-refractivity contribution in [2.24, 2.45) is 10.8 Å². The van der Waals surface area contributed by atoms with E-state index in [0.717, 1.165) is 33.4 Å². The second-order valence-electron chi connectivity index (χ2n) is 13.4. The molecule has 9 nitrogen and oxygen atoms in total. The molecule has 2 aromatic carbocycles. The third-order valence-electron chi connectivity index (χ3n) is 8.63. The van der Waals surface area contributed by atoms with Gasteiger partial charge in [-0.2, -0.15) is 0 Å². The van der Waals surface area contributed by atoms with E-state index in [1.165, 1.54) is 12.1 Å². The van der Waals surface area contributed by atoms with Gasteiger partial charge < -0.3 is 19.1 Å². The van der Waals surface area contributed by atoms with E-state index in [-0.39, 0.29) is 34.7 Å². The van der Waals surface area contributed by atoms with Gasteiger partial charge in [0.2, 0.25) is 0 Å². The summed E-state index contributed by atoms with van der Waals surface area (Å²) in [4.78, 5) is 41.1. The van der Waals surface area contributed by atoms with E-state index in [0.29, 0.717) is 54.2 Å². The van der Waals surface area contributed by atoms with Gasteiger partial charge in [0.25, 0.3) is 5.69 Å². The maximum Gasteiger partial charge on any atom is 0.269 e. The molecule has 44 heavy (non-hydrogen) atoms. The Labute approximate surface area is 271 Å². The molecule has 0 unspecified atom stereocenters. The van der Waals surface area contributed by atoms with Crippen LogP contribution >= 0.6 is 22.6 Å². The number of halogens is 1. The number of ether oxygens (including phenoxy) is 3. The molecule has 2 aromatic rings. The molecule has 0 amide bonds. The normalized spacial score (nSPS) is 19.6. The SMILES string of the molecule is COCCN1C2=C(C(=O)CC(C)(C)C2)C(c2cc(I)c(OCc3cccc([N+](=O)[O-])c3)c(OC)c2)C2=C1CC(C)(C)CC2=O. The van der Waals surface area contributed by atoms with Gasteiger partial charge >= 0.3 is 0 Å². The van der Waals surface area contributed by atoms with Crippen LogP contribution in [0.2, 0.25) is 0 Å². The minimum Gasteiger partial charge on any atom is -0.493 e. The van der Waals surface area contributed by atoms with E-state index in [2.05, 4.69) is 55.2 Å². The summed E-state index contributed by atoms with van der Waals surface area (Å²) in [6.45, 7) is 9.64. The molecule has 234 valence electrons. The highest BCUT2D eigenvalue weighted by Crippen LogP contribution is 2.55. The lowest BCUT2D eigenvalue weighted by molar-refractivity contribution is -0.384. The van der Waals surface area contributed by atoms with Crippen molar-refractivity contribution in [2.45, 2.75) is 65.9 Å². The Kier molecular flexibility index (Phi) is 8.97. The average Bonchev–Trinajstić information content (AvgIpc) is 2.93. The van der Waals surface area contributed by atoms with Gasteiger partial charge in [-0.25, -0.2) is 0 Å². The Morgan fingerprint density at radius 3 is 2.11 bits per heavy atom. The Morgan fingerprint density at radius 1 is 0.955 bits per heavy atom. The Hall–Kier alpha value is -3.25. The number of nitro groups is 1. The summed E-state index contributed by atoms with van der Waals surface area (Å²) in [5, 5.41) is 11.2. The van der Waals surface area contributed by atoms with Crippen molar-refractivity contribution < 1.29 is 28.7 Å². The van der Waals surface area contributed by atoms with Crippen LogP contribution in [0.25, 0.3) is 0 Å². The minimum absolute atomic E-state index is 0.00578. The van der Waals surface area contributed by atoms with Crippen LogP contribution in [0.1, 0.15) is 70.4 Å². The number of carbonyl (C=O) groups excluding carboxylic acids is 2. The Balaban J connectivity index is 1.63. The van der Waals surface area contributed by atoms with Gasteiger partial charge in [0.05, 0.1) is 22.2 Å². The highest BCUT2D eigenvalue weighted by molar-refractivity contribution is 14.1. The Bertz CT molecular complexity index is 1540. The third-order valence-corrected chi connectivity index (χ3v) is 9.43. The van der Waals surface area contributed by atoms with Crippen molar-refractivity contribution in [1.82, 2.24) is 4.90 Å². The van der Waals surface area contributed by atoms with Gasteiger partial charge in [0, 0.05) is 67.1 Å². The lowest BCUT2D eigenvalue weighted by atomic mass is 9.63. The van der Waals surface area contributed by atoms with E-state index < -0.39 is 10.8 Å². The number of methoxy groups -OCH3 is 2. The van der Waals surface area contributed by atoms with Gasteiger partial charge in [-0.15, -0.1) is 0 Å². The first-order valence-electron chi connectivity index (χ1n) is 14.8. The number of ketones is 2. The molecule has 1 aliphatic heterocycles. The molecule has 5 rings (SSSR count). The molecule has 0 saturated carbocycles. The highest BCUT2D eigenvalue weighted by Gasteiger charge is 2.49.